The number of esters is 7. The van der Waals surface area contributed by atoms with E-state index in [9.17, 15) is 67.1 Å². The Labute approximate surface area is 810 Å². The molecule has 0 bridgehead atoms. The summed E-state index contributed by atoms with van der Waals surface area (Å²) in [5, 5.41) is 14.5. The number of carbonyl (C=O) groups excluding carboxylic acids is 15. The summed E-state index contributed by atoms with van der Waals surface area (Å²) in [4.78, 5) is 198. The summed E-state index contributed by atoms with van der Waals surface area (Å²) >= 11 is 5.14. The number of hydrogen-bond donors (Lipinski definition) is 6. The molecule has 3 aromatic carbocycles. The number of amides is 8. The van der Waals surface area contributed by atoms with Crippen LogP contribution in [0.3, 0.4) is 0 Å². The Morgan fingerprint density at radius 1 is 0.423 bits per heavy atom. The maximum atomic E-state index is 15.9. The Balaban J connectivity index is 1.23. The highest BCUT2D eigenvalue weighted by Crippen LogP contribution is 2.43. The molecule has 764 valence electrons. The highest BCUT2D eigenvalue weighted by molar-refractivity contribution is 8.38. The first-order valence-corrected chi connectivity index (χ1v) is 50.0. The zero-order valence-corrected chi connectivity index (χ0v) is 83.7. The average molecular weight is 1990 g/mol. The van der Waals surface area contributed by atoms with E-state index in [0.29, 0.717) is 98.8 Å². The molecular formula is C95H140N8O31PS2-. The van der Waals surface area contributed by atoms with E-state index in [0.717, 1.165) is 0 Å². The van der Waals surface area contributed by atoms with Gasteiger partial charge in [-0.15, -0.1) is 0 Å². The number of hydrogen-bond acceptors (Lipinski definition) is 33. The lowest BCUT2D eigenvalue weighted by molar-refractivity contribution is -0.262. The Morgan fingerprint density at radius 2 is 0.781 bits per heavy atom. The molecule has 0 saturated carbocycles. The third-order valence-electron chi connectivity index (χ3n) is 23.1. The lowest BCUT2D eigenvalue weighted by atomic mass is 9.80. The molecule has 0 radical (unpaired) electrons. The van der Waals surface area contributed by atoms with Crippen LogP contribution in [0.15, 0.2) is 78.9 Å². The summed E-state index contributed by atoms with van der Waals surface area (Å²) in [5.41, 5.74) is 0.267. The van der Waals surface area contributed by atoms with Gasteiger partial charge in [0.25, 0.3) is 5.91 Å². The number of rotatable bonds is 60. The second kappa shape index (κ2) is 61.4. The van der Waals surface area contributed by atoms with E-state index in [1.807, 2.05) is 54.6 Å². The van der Waals surface area contributed by atoms with Gasteiger partial charge in [0.2, 0.25) is 47.5 Å². The molecule has 8 amide bonds. The minimum atomic E-state index is -1.69. The molecule has 42 heteroatoms. The van der Waals surface area contributed by atoms with Gasteiger partial charge in [-0.05, 0) is 105 Å². The van der Waals surface area contributed by atoms with Crippen LogP contribution in [0.1, 0.15) is 215 Å². The number of nitrogens with one attached hydrogen (secondary N) is 6. The van der Waals surface area contributed by atoms with Crippen molar-refractivity contribution >= 4 is 117 Å². The van der Waals surface area contributed by atoms with Gasteiger partial charge < -0.3 is 117 Å². The molecule has 0 aliphatic carbocycles. The zero-order chi connectivity index (χ0) is 101. The fraction of sp³-hybridized carbons (Fsp3) is 0.653. The second-order valence-corrected chi connectivity index (χ2v) is 37.8. The Morgan fingerprint density at radius 3 is 1.14 bits per heavy atom. The van der Waals surface area contributed by atoms with Crippen molar-refractivity contribution in [2.45, 2.75) is 284 Å². The van der Waals surface area contributed by atoms with E-state index in [4.69, 9.17) is 87.0 Å². The summed E-state index contributed by atoms with van der Waals surface area (Å²) in [6.07, 6.45) is -5.32. The van der Waals surface area contributed by atoms with E-state index < -0.39 is 184 Å². The minimum Gasteiger partial charge on any atom is -0.497 e. The highest BCUT2D eigenvalue weighted by Gasteiger charge is 2.51. The average Bonchev–Trinajstić information content (AvgIpc) is 0.745. The number of ether oxygens (including phenoxy) is 16. The molecule has 3 heterocycles. The number of unbranched alkanes of at least 4 members (excludes halogenated alkanes) is 7. The monoisotopic (exact) mass is 1980 g/mol. The highest BCUT2D eigenvalue weighted by atomic mass is 32.9. The van der Waals surface area contributed by atoms with Gasteiger partial charge in [0.05, 0.1) is 45.4 Å². The molecule has 3 fully saturated rings. The SMILES string of the molecule is COc1ccc(C(OCC(OC(=O)CCC(=O)N[S-](=P)=S)C(=O)N(CCCCN(CCCNC(=O)CCCCCO[C@@H]2OC(COC(C)=O)[C@H](OC(C)=O)[C@H](C)C2NC(C)=O)C(=O)CCCCCO[C@@H]2OC(COC(C)=O)[C@H](OC(C)=O)[C@H](C)C2NC(C)=O)CCCNC(=O)CCCCCO[C@@H]2OC(COC(C)=O)[C@H](OC(C)=O)[C@H](C)C2NC(C)=O)(c2ccccc2)c2ccc(OC)cc2)cc1. The van der Waals surface area contributed by atoms with Crippen LogP contribution >= 0.6 is 8.02 Å². The maximum Gasteiger partial charge on any atom is 0.307 e. The molecular weight excluding hydrogens is 1840 g/mol. The topological polar surface area (TPSA) is 482 Å². The van der Waals surface area contributed by atoms with Crippen molar-refractivity contribution in [3.05, 3.63) is 95.6 Å². The van der Waals surface area contributed by atoms with Crippen molar-refractivity contribution < 1.29 is 148 Å². The first kappa shape index (κ1) is 116. The minimum absolute atomic E-state index is 0.00975. The zero-order valence-electron chi connectivity index (χ0n) is 81.0. The Bertz CT molecular complexity index is 4400. The van der Waals surface area contributed by atoms with Crippen LogP contribution < -0.4 is 40.8 Å². The van der Waals surface area contributed by atoms with Gasteiger partial charge in [0, 0.05) is 165 Å². The van der Waals surface area contributed by atoms with Crippen LogP contribution in [0, 0.1) is 17.8 Å². The molecule has 3 aliphatic heterocycles. The molecule has 6 N–H and O–H groups in total. The summed E-state index contributed by atoms with van der Waals surface area (Å²) in [6.45, 7) is 16.4. The third-order valence-corrected chi connectivity index (χ3v) is 24.0. The van der Waals surface area contributed by atoms with Crippen LogP contribution in [-0.4, -0.2) is 278 Å². The van der Waals surface area contributed by atoms with Crippen LogP contribution in [0.2, 0.25) is 0 Å². The van der Waals surface area contributed by atoms with Crippen LogP contribution in [0.25, 0.3) is 0 Å². The molecule has 3 aromatic rings. The van der Waals surface area contributed by atoms with E-state index in [1.54, 1.807) is 49.9 Å². The summed E-state index contributed by atoms with van der Waals surface area (Å²) in [5.74, 6) is -8.12. The molecule has 6 rings (SSSR count). The Hall–Kier alpha value is -10.1. The number of benzene rings is 3. The maximum absolute atomic E-state index is 15.9. The molecule has 3 aliphatic rings. The first-order valence-electron chi connectivity index (χ1n) is 46.6. The van der Waals surface area contributed by atoms with Crippen molar-refractivity contribution in [1.82, 2.24) is 41.1 Å². The van der Waals surface area contributed by atoms with Gasteiger partial charge in [-0.25, -0.2) is 11.2 Å². The van der Waals surface area contributed by atoms with Crippen molar-refractivity contribution in [1.29, 1.82) is 0 Å². The summed E-state index contributed by atoms with van der Waals surface area (Å²) in [6, 6.07) is 21.3. The van der Waals surface area contributed by atoms with Crippen LogP contribution in [-0.2, 0) is 164 Å². The smallest absolute Gasteiger partial charge is 0.307 e. The molecule has 0 spiro atoms. The van der Waals surface area contributed by atoms with E-state index in [1.165, 1.54) is 81.4 Å². The summed E-state index contributed by atoms with van der Waals surface area (Å²) < 4.78 is 96.9. The Kier molecular flexibility index (Phi) is 51.8. The van der Waals surface area contributed by atoms with Gasteiger partial charge in [-0.3, -0.25) is 88.8 Å². The molecule has 0 aromatic heterocycles. The molecule has 39 nitrogen and oxygen atoms in total. The van der Waals surface area contributed by atoms with Crippen LogP contribution in [0.4, 0.5) is 0 Å². The molecule has 137 heavy (non-hydrogen) atoms. The van der Waals surface area contributed by atoms with Gasteiger partial charge in [-0.2, -0.15) is 0 Å². The molecule has 16 atom stereocenters. The van der Waals surface area contributed by atoms with Gasteiger partial charge in [0.1, 0.15) is 73.5 Å². The second-order valence-electron chi connectivity index (χ2n) is 34.0. The van der Waals surface area contributed by atoms with Crippen molar-refractivity contribution in [2.75, 3.05) is 99.7 Å². The lowest BCUT2D eigenvalue weighted by Gasteiger charge is -2.44. The quantitative estimate of drug-likeness (QED) is 0.00816. The first-order chi connectivity index (χ1) is 65.3. The normalized spacial score (nSPS) is 21.4. The van der Waals surface area contributed by atoms with Gasteiger partial charge in [-0.1, -0.05) is 94.6 Å². The van der Waals surface area contributed by atoms with Crippen molar-refractivity contribution in [3.8, 4) is 11.5 Å². The van der Waals surface area contributed by atoms with Gasteiger partial charge in [0.15, 0.2) is 18.9 Å². The third kappa shape index (κ3) is 40.7. The van der Waals surface area contributed by atoms with E-state index >= 15 is 4.79 Å². The predicted molar refractivity (Wildman–Crippen MR) is 502 cm³/mol. The van der Waals surface area contributed by atoms with E-state index in [2.05, 4.69) is 39.3 Å². The standard InChI is InChI=1S/C95H140N8O31PS2/c1-59-85(98-62(4)104)92(132-76(55-124-65(7)107)88(59)128-68(10)110)121-52-26-16-21-33-80(113)96-46-29-50-102(83(116)35-23-18-28-54-123-94-87(100-64(6)106)61(3)90(130-70(12)112)78(134-94)57-126-67(9)109)48-24-25-49-103(51-30-47-97-81(114)34-22-17-27-53-122-93-86(99-63(5)105)60(2)89(129-69(11)111)77(133-93)56-125-66(8)108)91(118)79(131-84(117)45-44-82(115)101-137(135)136)58-127-95(71-31-19-15-20-32-71,72-36-40-74(119-13)41-37-72)73-38-42-75(120-14)43-39-73/h15,19-20,31-32,36-43,59-61,76-79,85-90,92-94,135H,16-18,21-30,33-35,44-58H2,1-14H3,(H,96,113)(H,97,114)(H,98,104)(H,99,105)(H,100,106)(H,101,115,136)/q-1/t59-,60-,61-,76?,77?,78?,79?,85?,86?,87?,88-,89-,90-,92-,93-,94-/m1/s1. The number of nitrogens with zero attached hydrogens (tertiary/aromatic N) is 2. The molecule has 3 saturated heterocycles. The van der Waals surface area contributed by atoms with E-state index in [-0.39, 0.29) is 147 Å². The van der Waals surface area contributed by atoms with Crippen molar-refractivity contribution in [2.24, 2.45) is 17.8 Å². The number of carbonyl (C=O) groups is 15. The van der Waals surface area contributed by atoms with Crippen LogP contribution in [0.5, 0.6) is 11.5 Å². The number of methoxy groups -OCH3 is 2. The fourth-order valence-corrected chi connectivity index (χ4v) is 17.3. The van der Waals surface area contributed by atoms with Gasteiger partial charge >= 0.3 is 41.8 Å². The summed E-state index contributed by atoms with van der Waals surface area (Å²) in [7, 11) is 5.15. The van der Waals surface area contributed by atoms with Crippen molar-refractivity contribution in [3.63, 3.8) is 0 Å². The predicted octanol–water partition coefficient (Wildman–Crippen LogP) is 7.14. The molecule has 7 unspecified atom stereocenters. The largest absolute Gasteiger partial charge is 0.497 e. The lowest BCUT2D eigenvalue weighted by Crippen LogP contribution is -2.62. The fourth-order valence-electron chi connectivity index (χ4n) is 16.4.